The molecule has 1 aromatic carbocycles. The number of hydrogen-bond donors (Lipinski definition) is 1. The number of aromatic nitrogens is 1. The molecule has 1 heterocycles. The van der Waals surface area contributed by atoms with E-state index in [1.54, 1.807) is 0 Å². The Morgan fingerprint density at radius 1 is 1.23 bits per heavy atom. The number of aliphatic hydroxyl groups is 1. The minimum absolute atomic E-state index is 0.210. The van der Waals surface area contributed by atoms with Crippen molar-refractivity contribution in [1.29, 1.82) is 0 Å². The average molecular weight is 319 g/mol. The first-order valence-corrected chi connectivity index (χ1v) is 8.53. The van der Waals surface area contributed by atoms with E-state index in [1.807, 2.05) is 18.2 Å². The van der Waals surface area contributed by atoms with Crippen LogP contribution in [0.5, 0.6) is 0 Å². The van der Waals surface area contributed by atoms with Crippen molar-refractivity contribution in [3.05, 3.63) is 41.0 Å². The lowest BCUT2D eigenvalue weighted by molar-refractivity contribution is 0.0177. The van der Waals surface area contributed by atoms with E-state index in [1.165, 1.54) is 6.42 Å². The zero-order chi connectivity index (χ0) is 15.5. The van der Waals surface area contributed by atoms with E-state index >= 15 is 0 Å². The number of para-hydroxylation sites is 1. The Morgan fingerprint density at radius 2 is 2.05 bits per heavy atom. The average Bonchev–Trinajstić information content (AvgIpc) is 2.54. The second-order valence-corrected chi connectivity index (χ2v) is 6.50. The van der Waals surface area contributed by atoms with Gasteiger partial charge in [-0.1, -0.05) is 49.6 Å². The van der Waals surface area contributed by atoms with Crippen LogP contribution in [0.1, 0.15) is 38.3 Å². The third-order valence-corrected chi connectivity index (χ3v) is 4.97. The Labute approximate surface area is 136 Å². The molecule has 2 atom stereocenters. The molecule has 1 saturated carbocycles. The number of rotatable bonds is 4. The van der Waals surface area contributed by atoms with Gasteiger partial charge in [-0.3, -0.25) is 4.90 Å². The first kappa shape index (κ1) is 15.7. The minimum Gasteiger partial charge on any atom is -0.391 e. The highest BCUT2D eigenvalue weighted by atomic mass is 35.5. The van der Waals surface area contributed by atoms with Gasteiger partial charge in [-0.05, 0) is 31.5 Å². The topological polar surface area (TPSA) is 36.4 Å². The molecule has 1 N–H and O–H groups in total. The first-order chi connectivity index (χ1) is 10.7. The summed E-state index contributed by atoms with van der Waals surface area (Å²) in [5, 5.41) is 12.0. The van der Waals surface area contributed by atoms with E-state index < -0.39 is 0 Å². The predicted molar refractivity (Wildman–Crippen MR) is 91.1 cm³/mol. The van der Waals surface area contributed by atoms with E-state index in [0.29, 0.717) is 5.02 Å². The molecule has 4 heteroatoms. The number of aliphatic hydroxyl groups excluding tert-OH is 1. The summed E-state index contributed by atoms with van der Waals surface area (Å²) < 4.78 is 0. The van der Waals surface area contributed by atoms with Crippen molar-refractivity contribution in [2.45, 2.75) is 51.3 Å². The second kappa shape index (κ2) is 6.95. The summed E-state index contributed by atoms with van der Waals surface area (Å²) in [6.07, 6.45) is 4.12. The summed E-state index contributed by atoms with van der Waals surface area (Å²) >= 11 is 6.26. The minimum atomic E-state index is -0.210. The third kappa shape index (κ3) is 3.27. The van der Waals surface area contributed by atoms with Gasteiger partial charge in [-0.15, -0.1) is 0 Å². The first-order valence-electron chi connectivity index (χ1n) is 8.15. The van der Waals surface area contributed by atoms with Crippen LogP contribution in [-0.4, -0.2) is 33.7 Å². The molecular formula is C18H23ClN2O. The van der Waals surface area contributed by atoms with E-state index in [9.17, 15) is 5.11 Å². The lowest BCUT2D eigenvalue weighted by Crippen LogP contribution is -2.45. The molecule has 3 nitrogen and oxygen atoms in total. The van der Waals surface area contributed by atoms with Crippen LogP contribution in [0.4, 0.5) is 0 Å². The Balaban J connectivity index is 1.82. The molecule has 1 aliphatic rings. The zero-order valence-corrected chi connectivity index (χ0v) is 13.8. The number of likely N-dealkylation sites (N-methyl/N-ethyl adjacent to an activating group) is 1. The van der Waals surface area contributed by atoms with Gasteiger partial charge in [0.25, 0.3) is 0 Å². The van der Waals surface area contributed by atoms with Crippen molar-refractivity contribution in [1.82, 2.24) is 9.88 Å². The smallest absolute Gasteiger partial charge is 0.0891 e. The van der Waals surface area contributed by atoms with Crippen molar-refractivity contribution in [3.63, 3.8) is 0 Å². The Hall–Kier alpha value is -1.16. The highest BCUT2D eigenvalue weighted by Crippen LogP contribution is 2.26. The highest BCUT2D eigenvalue weighted by Gasteiger charge is 2.28. The molecule has 0 radical (unpaired) electrons. The number of hydrogen-bond acceptors (Lipinski definition) is 3. The van der Waals surface area contributed by atoms with Gasteiger partial charge in [-0.2, -0.15) is 0 Å². The van der Waals surface area contributed by atoms with Crippen LogP contribution in [0.3, 0.4) is 0 Å². The normalized spacial score (nSPS) is 22.4. The van der Waals surface area contributed by atoms with Crippen LogP contribution in [-0.2, 0) is 6.54 Å². The summed E-state index contributed by atoms with van der Waals surface area (Å²) in [4.78, 5) is 7.07. The Bertz CT molecular complexity index is 646. The number of fused-ring (bicyclic) bond motifs is 1. The maximum atomic E-state index is 10.3. The van der Waals surface area contributed by atoms with Gasteiger partial charge in [0.15, 0.2) is 0 Å². The molecule has 3 rings (SSSR count). The molecule has 1 fully saturated rings. The fourth-order valence-electron chi connectivity index (χ4n) is 3.43. The molecule has 0 spiro atoms. The molecule has 1 aromatic heterocycles. The van der Waals surface area contributed by atoms with Gasteiger partial charge in [0.2, 0.25) is 0 Å². The largest absolute Gasteiger partial charge is 0.391 e. The molecule has 2 aromatic rings. The maximum absolute atomic E-state index is 10.3. The summed E-state index contributed by atoms with van der Waals surface area (Å²) in [6.45, 7) is 3.83. The lowest BCUT2D eigenvalue weighted by atomic mass is 9.91. The van der Waals surface area contributed by atoms with Gasteiger partial charge >= 0.3 is 0 Å². The van der Waals surface area contributed by atoms with E-state index in [2.05, 4.69) is 24.0 Å². The fourth-order valence-corrected chi connectivity index (χ4v) is 3.65. The fraction of sp³-hybridized carbons (Fsp3) is 0.500. The summed E-state index contributed by atoms with van der Waals surface area (Å²) in [7, 11) is 0. The summed E-state index contributed by atoms with van der Waals surface area (Å²) in [5.41, 5.74) is 1.88. The predicted octanol–water partition coefficient (Wildman–Crippen LogP) is 4.01. The van der Waals surface area contributed by atoms with Crippen LogP contribution >= 0.6 is 11.6 Å². The number of benzene rings is 1. The van der Waals surface area contributed by atoms with Crippen LogP contribution < -0.4 is 0 Å². The van der Waals surface area contributed by atoms with E-state index in [4.69, 9.17) is 16.6 Å². The van der Waals surface area contributed by atoms with Gasteiger partial charge in [-0.25, -0.2) is 4.98 Å². The molecule has 22 heavy (non-hydrogen) atoms. The van der Waals surface area contributed by atoms with E-state index in [-0.39, 0.29) is 12.1 Å². The molecule has 0 amide bonds. The molecular weight excluding hydrogens is 296 g/mol. The quantitative estimate of drug-likeness (QED) is 0.925. The van der Waals surface area contributed by atoms with Crippen molar-refractivity contribution in [2.75, 3.05) is 6.54 Å². The van der Waals surface area contributed by atoms with Crippen LogP contribution in [0.15, 0.2) is 30.3 Å². The van der Waals surface area contributed by atoms with E-state index in [0.717, 1.165) is 48.9 Å². The summed E-state index contributed by atoms with van der Waals surface area (Å²) in [5.74, 6) is 0. The molecule has 0 saturated heterocycles. The van der Waals surface area contributed by atoms with Crippen molar-refractivity contribution < 1.29 is 5.11 Å². The van der Waals surface area contributed by atoms with Crippen LogP contribution in [0.25, 0.3) is 10.9 Å². The van der Waals surface area contributed by atoms with Crippen molar-refractivity contribution in [3.8, 4) is 0 Å². The van der Waals surface area contributed by atoms with Crippen LogP contribution in [0.2, 0.25) is 5.02 Å². The monoisotopic (exact) mass is 318 g/mol. The van der Waals surface area contributed by atoms with Gasteiger partial charge in [0, 0.05) is 18.0 Å². The number of halogens is 1. The third-order valence-electron chi connectivity index (χ3n) is 4.66. The lowest BCUT2D eigenvalue weighted by Gasteiger charge is -2.36. The molecule has 1 aliphatic carbocycles. The summed E-state index contributed by atoms with van der Waals surface area (Å²) in [6, 6.07) is 10.2. The van der Waals surface area contributed by atoms with Gasteiger partial charge in [0.1, 0.15) is 0 Å². The standard InChI is InChI=1S/C18H23ClN2O/c1-2-21(16-8-3-4-9-17(16)22)12-14-11-10-13-6-5-7-15(19)18(13)20-14/h5-7,10-11,16-17,22H,2-4,8-9,12H2,1H3. The number of pyridine rings is 1. The SMILES string of the molecule is CCN(Cc1ccc2cccc(Cl)c2n1)C1CCCCC1O. The maximum Gasteiger partial charge on any atom is 0.0891 e. The second-order valence-electron chi connectivity index (χ2n) is 6.10. The number of nitrogens with zero attached hydrogens (tertiary/aromatic N) is 2. The van der Waals surface area contributed by atoms with Crippen molar-refractivity contribution >= 4 is 22.5 Å². The highest BCUT2D eigenvalue weighted by molar-refractivity contribution is 6.35. The molecule has 2 unspecified atom stereocenters. The Morgan fingerprint density at radius 3 is 2.82 bits per heavy atom. The Kier molecular flexibility index (Phi) is 4.97. The van der Waals surface area contributed by atoms with Gasteiger partial charge in [0.05, 0.1) is 22.3 Å². The van der Waals surface area contributed by atoms with Gasteiger partial charge < -0.3 is 5.11 Å². The molecule has 118 valence electrons. The molecule has 0 aliphatic heterocycles. The van der Waals surface area contributed by atoms with Crippen LogP contribution in [0, 0.1) is 0 Å². The van der Waals surface area contributed by atoms with Crippen molar-refractivity contribution in [2.24, 2.45) is 0 Å². The molecule has 0 bridgehead atoms. The zero-order valence-electron chi connectivity index (χ0n) is 13.0.